The first-order chi connectivity index (χ1) is 5.35. The van der Waals surface area contributed by atoms with Crippen LogP contribution in [0.4, 0.5) is 0 Å². The predicted molar refractivity (Wildman–Crippen MR) is 49.5 cm³/mol. The third-order valence-corrected chi connectivity index (χ3v) is 1.65. The topological polar surface area (TPSA) is 43.1 Å². The van der Waals surface area contributed by atoms with Gasteiger partial charge in [0, 0.05) is 5.92 Å². The van der Waals surface area contributed by atoms with Gasteiger partial charge in [-0.2, -0.15) is 0 Å². The summed E-state index contributed by atoms with van der Waals surface area (Å²) in [5.41, 5.74) is 4.50. The van der Waals surface area contributed by atoms with Gasteiger partial charge in [-0.05, 0) is 19.9 Å². The number of carbonyl (C=O) groups is 1. The van der Waals surface area contributed by atoms with Crippen LogP contribution in [0.15, 0.2) is 0 Å². The lowest BCUT2D eigenvalue weighted by Gasteiger charge is -2.03. The van der Waals surface area contributed by atoms with Crippen LogP contribution in [0.25, 0.3) is 0 Å². The molecule has 0 bridgehead atoms. The Bertz CT molecular complexity index is 74.0. The van der Waals surface area contributed by atoms with E-state index in [-0.39, 0.29) is 0 Å². The van der Waals surface area contributed by atoms with Crippen molar-refractivity contribution >= 4 is 6.29 Å². The molecule has 11 heavy (non-hydrogen) atoms. The van der Waals surface area contributed by atoms with Crippen molar-refractivity contribution in [2.45, 2.75) is 39.5 Å². The molecule has 2 nitrogen and oxygen atoms in total. The average Bonchev–Trinajstić information content (AvgIpc) is 2.10. The lowest BCUT2D eigenvalue weighted by Crippen LogP contribution is -1.98. The first kappa shape index (κ1) is 13.2. The summed E-state index contributed by atoms with van der Waals surface area (Å²) in [4.78, 5) is 10.2. The van der Waals surface area contributed by atoms with Gasteiger partial charge < -0.3 is 10.5 Å². The van der Waals surface area contributed by atoms with Gasteiger partial charge in [0.05, 0.1) is 0 Å². The molecule has 0 aliphatic carbocycles. The molecule has 1 unspecified atom stereocenters. The van der Waals surface area contributed by atoms with Crippen LogP contribution < -0.4 is 5.73 Å². The first-order valence-electron chi connectivity index (χ1n) is 4.38. The largest absolute Gasteiger partial charge is 0.333 e. The summed E-state index contributed by atoms with van der Waals surface area (Å²) >= 11 is 0. The van der Waals surface area contributed by atoms with E-state index >= 15 is 0 Å². The maximum Gasteiger partial charge on any atom is 0.123 e. The van der Waals surface area contributed by atoms with Gasteiger partial charge in [-0.1, -0.05) is 26.7 Å². The zero-order chi connectivity index (χ0) is 9.11. The van der Waals surface area contributed by atoms with Crippen molar-refractivity contribution in [3.05, 3.63) is 0 Å². The molecular weight excluding hydrogens is 138 g/mol. The maximum atomic E-state index is 10.2. The highest BCUT2D eigenvalue weighted by Gasteiger charge is 2.01. The predicted octanol–water partition coefficient (Wildman–Crippen LogP) is 1.98. The maximum absolute atomic E-state index is 10.2. The summed E-state index contributed by atoms with van der Waals surface area (Å²) in [6, 6.07) is 0. The molecule has 0 aromatic carbocycles. The van der Waals surface area contributed by atoms with E-state index in [0.717, 1.165) is 19.1 Å². The molecule has 1 atom stereocenters. The van der Waals surface area contributed by atoms with E-state index in [9.17, 15) is 4.79 Å². The molecule has 2 heteroatoms. The molecule has 0 saturated carbocycles. The van der Waals surface area contributed by atoms with Crippen LogP contribution in [0.2, 0.25) is 0 Å². The van der Waals surface area contributed by atoms with E-state index in [1.807, 2.05) is 0 Å². The van der Waals surface area contributed by atoms with Crippen molar-refractivity contribution < 1.29 is 4.79 Å². The summed E-state index contributed by atoms with van der Waals surface area (Å²) in [5.74, 6) is 0.324. The molecule has 0 aromatic rings. The molecule has 0 fully saturated rings. The Morgan fingerprint density at radius 1 is 1.36 bits per heavy atom. The Balaban J connectivity index is 0. The Morgan fingerprint density at radius 3 is 2.18 bits per heavy atom. The van der Waals surface area contributed by atoms with Gasteiger partial charge in [0.2, 0.25) is 0 Å². The summed E-state index contributed by atoms with van der Waals surface area (Å²) in [5, 5.41) is 0. The number of nitrogens with two attached hydrogens (primary N) is 1. The van der Waals surface area contributed by atoms with Crippen molar-refractivity contribution in [2.24, 2.45) is 11.7 Å². The highest BCUT2D eigenvalue weighted by atomic mass is 16.1. The number of hydrogen-bond acceptors (Lipinski definition) is 2. The molecule has 0 amide bonds. The fourth-order valence-corrected chi connectivity index (χ4v) is 0.835. The SMILES string of the molecule is CCCCC(C=O)CC.CN. The summed E-state index contributed by atoms with van der Waals surface area (Å²) in [7, 11) is 1.50. The number of unbranched alkanes of at least 4 members (excludes halogenated alkanes) is 1. The van der Waals surface area contributed by atoms with Gasteiger partial charge >= 0.3 is 0 Å². The van der Waals surface area contributed by atoms with Crippen molar-refractivity contribution in [1.82, 2.24) is 0 Å². The lowest BCUT2D eigenvalue weighted by atomic mass is 10.0. The Hall–Kier alpha value is -0.370. The lowest BCUT2D eigenvalue weighted by molar-refractivity contribution is -0.111. The van der Waals surface area contributed by atoms with Crippen LogP contribution >= 0.6 is 0 Å². The van der Waals surface area contributed by atoms with E-state index in [1.165, 1.54) is 19.9 Å². The number of rotatable bonds is 5. The molecule has 0 aromatic heterocycles. The molecule has 0 aliphatic rings. The molecule has 0 aliphatic heterocycles. The quantitative estimate of drug-likeness (QED) is 0.623. The van der Waals surface area contributed by atoms with Crippen LogP contribution in [-0.2, 0) is 4.79 Å². The second kappa shape index (κ2) is 12.3. The Kier molecular flexibility index (Phi) is 14.8. The van der Waals surface area contributed by atoms with Gasteiger partial charge in [-0.25, -0.2) is 0 Å². The molecular formula is C9H21NO. The second-order valence-electron chi connectivity index (χ2n) is 2.45. The Morgan fingerprint density at radius 2 is 1.91 bits per heavy atom. The van der Waals surface area contributed by atoms with Crippen molar-refractivity contribution in [3.8, 4) is 0 Å². The van der Waals surface area contributed by atoms with Crippen LogP contribution in [0.1, 0.15) is 39.5 Å². The van der Waals surface area contributed by atoms with E-state index in [2.05, 4.69) is 19.6 Å². The molecule has 68 valence electrons. The van der Waals surface area contributed by atoms with E-state index in [1.54, 1.807) is 0 Å². The number of hydrogen-bond donors (Lipinski definition) is 1. The van der Waals surface area contributed by atoms with Crippen molar-refractivity contribution in [3.63, 3.8) is 0 Å². The minimum atomic E-state index is 0.324. The van der Waals surface area contributed by atoms with Gasteiger partial charge in [0.1, 0.15) is 6.29 Å². The van der Waals surface area contributed by atoms with E-state index in [0.29, 0.717) is 5.92 Å². The third-order valence-electron chi connectivity index (χ3n) is 1.65. The highest BCUT2D eigenvalue weighted by Crippen LogP contribution is 2.08. The van der Waals surface area contributed by atoms with Crippen LogP contribution in [-0.4, -0.2) is 13.3 Å². The van der Waals surface area contributed by atoms with Gasteiger partial charge in [-0.15, -0.1) is 0 Å². The summed E-state index contributed by atoms with van der Waals surface area (Å²) in [6.45, 7) is 4.21. The fourth-order valence-electron chi connectivity index (χ4n) is 0.835. The third kappa shape index (κ3) is 9.63. The zero-order valence-electron chi connectivity index (χ0n) is 7.97. The standard InChI is InChI=1S/C8H16O.CH5N/c1-3-5-6-8(4-2)7-9;1-2/h7-8H,3-6H2,1-2H3;2H2,1H3. The van der Waals surface area contributed by atoms with E-state index in [4.69, 9.17) is 0 Å². The highest BCUT2D eigenvalue weighted by molar-refractivity contribution is 5.53. The minimum absolute atomic E-state index is 0.324. The minimum Gasteiger partial charge on any atom is -0.333 e. The van der Waals surface area contributed by atoms with Crippen molar-refractivity contribution in [1.29, 1.82) is 0 Å². The first-order valence-corrected chi connectivity index (χ1v) is 4.38. The molecule has 0 heterocycles. The molecule has 0 radical (unpaired) electrons. The van der Waals surface area contributed by atoms with Crippen LogP contribution in [0, 0.1) is 5.92 Å². The van der Waals surface area contributed by atoms with Gasteiger partial charge in [-0.3, -0.25) is 0 Å². The van der Waals surface area contributed by atoms with Crippen LogP contribution in [0.5, 0.6) is 0 Å². The molecule has 0 rings (SSSR count). The molecule has 0 spiro atoms. The van der Waals surface area contributed by atoms with Crippen molar-refractivity contribution in [2.75, 3.05) is 7.05 Å². The normalized spacial score (nSPS) is 11.3. The number of aldehydes is 1. The Labute approximate surface area is 70.2 Å². The van der Waals surface area contributed by atoms with E-state index < -0.39 is 0 Å². The zero-order valence-corrected chi connectivity index (χ0v) is 7.97. The van der Waals surface area contributed by atoms with Gasteiger partial charge in [0.25, 0.3) is 0 Å². The fraction of sp³-hybridized carbons (Fsp3) is 0.889. The second-order valence-corrected chi connectivity index (χ2v) is 2.45. The summed E-state index contributed by atoms with van der Waals surface area (Å²) < 4.78 is 0. The van der Waals surface area contributed by atoms with Crippen LogP contribution in [0.3, 0.4) is 0 Å². The smallest absolute Gasteiger partial charge is 0.123 e. The average molecular weight is 159 g/mol. The monoisotopic (exact) mass is 159 g/mol. The summed E-state index contributed by atoms with van der Waals surface area (Å²) in [6.07, 6.45) is 5.55. The molecule has 0 saturated heterocycles. The molecule has 2 N–H and O–H groups in total. The van der Waals surface area contributed by atoms with Gasteiger partial charge in [0.15, 0.2) is 0 Å². The number of carbonyl (C=O) groups excluding carboxylic acids is 1.